The molecule has 1 heterocycles. The lowest BCUT2D eigenvalue weighted by Crippen LogP contribution is -2.33. The summed E-state index contributed by atoms with van der Waals surface area (Å²) in [6.45, 7) is 5.06. The summed E-state index contributed by atoms with van der Waals surface area (Å²) in [4.78, 5) is 11.7. The maximum atomic E-state index is 11.7. The van der Waals surface area contributed by atoms with Crippen molar-refractivity contribution in [3.05, 3.63) is 11.8 Å². The van der Waals surface area contributed by atoms with Gasteiger partial charge in [-0.25, -0.2) is 0 Å². The van der Waals surface area contributed by atoms with Gasteiger partial charge >= 0.3 is 0 Å². The predicted molar refractivity (Wildman–Crippen MR) is 130 cm³/mol. The minimum atomic E-state index is -0.132. The van der Waals surface area contributed by atoms with Gasteiger partial charge in [-0.1, -0.05) is 87.1 Å². The fourth-order valence-corrected chi connectivity index (χ4v) is 4.51. The molecule has 5 heteroatoms. The minimum Gasteiger partial charge on any atom is -0.384 e. The molecular weight excluding hydrogens is 442 g/mol. The van der Waals surface area contributed by atoms with Crippen LogP contribution in [0.1, 0.15) is 110 Å². The zero-order chi connectivity index (χ0) is 21.9. The van der Waals surface area contributed by atoms with Crippen molar-refractivity contribution in [2.24, 2.45) is 0 Å². The van der Waals surface area contributed by atoms with Crippen LogP contribution < -0.4 is 5.32 Å². The van der Waals surface area contributed by atoms with Crippen LogP contribution >= 0.6 is 15.9 Å². The molecule has 1 N–H and O–H groups in total. The Morgan fingerprint density at radius 3 is 2.30 bits per heavy atom. The number of allylic oxidation sites excluding steroid dienone is 1. The van der Waals surface area contributed by atoms with Crippen molar-refractivity contribution >= 4 is 21.7 Å². The van der Waals surface area contributed by atoms with Gasteiger partial charge in [0.25, 0.3) is 0 Å². The number of rotatable bonds is 19. The molecule has 1 saturated heterocycles. The Morgan fingerprint density at radius 2 is 1.73 bits per heavy atom. The summed E-state index contributed by atoms with van der Waals surface area (Å²) in [6.07, 6.45) is 20.5. The van der Waals surface area contributed by atoms with Crippen LogP contribution in [0.4, 0.5) is 0 Å². The van der Waals surface area contributed by atoms with Crippen LogP contribution in [-0.4, -0.2) is 36.7 Å². The number of carbonyl (C=O) groups excluding carboxylic acids is 1. The highest BCUT2D eigenvalue weighted by atomic mass is 79.9. The molecule has 0 aromatic rings. The van der Waals surface area contributed by atoms with E-state index in [4.69, 9.17) is 9.47 Å². The molecular formula is C25H46BrNO3. The van der Waals surface area contributed by atoms with Gasteiger partial charge in [-0.2, -0.15) is 0 Å². The Bertz CT molecular complexity index is 450. The summed E-state index contributed by atoms with van der Waals surface area (Å²) in [6, 6.07) is 0.375. The zero-order valence-corrected chi connectivity index (χ0v) is 21.1. The Balaban J connectivity index is 2.27. The zero-order valence-electron chi connectivity index (χ0n) is 19.6. The first-order valence-corrected chi connectivity index (χ1v) is 13.5. The lowest BCUT2D eigenvalue weighted by molar-refractivity contribution is -0.157. The summed E-state index contributed by atoms with van der Waals surface area (Å²) in [7, 11) is 0. The van der Waals surface area contributed by atoms with E-state index in [9.17, 15) is 4.79 Å². The second-order valence-electron chi connectivity index (χ2n) is 8.68. The molecule has 0 radical (unpaired) electrons. The third-order valence-electron chi connectivity index (χ3n) is 5.69. The summed E-state index contributed by atoms with van der Waals surface area (Å²) in [5, 5.41) is 4.55. The second-order valence-corrected chi connectivity index (χ2v) is 9.47. The highest BCUT2D eigenvalue weighted by Crippen LogP contribution is 2.16. The minimum absolute atomic E-state index is 0.0576. The Kier molecular flexibility index (Phi) is 17.8. The molecule has 0 aromatic carbocycles. The average molecular weight is 489 g/mol. The van der Waals surface area contributed by atoms with Crippen LogP contribution in [-0.2, 0) is 14.3 Å². The first-order chi connectivity index (χ1) is 14.7. The number of ketones is 1. The molecule has 1 fully saturated rings. The number of hydrogen-bond acceptors (Lipinski definition) is 4. The molecule has 1 aliphatic heterocycles. The maximum absolute atomic E-state index is 11.7. The van der Waals surface area contributed by atoms with E-state index in [1.807, 2.05) is 0 Å². The van der Waals surface area contributed by atoms with Crippen LogP contribution in [0.5, 0.6) is 0 Å². The van der Waals surface area contributed by atoms with Gasteiger partial charge in [0.1, 0.15) is 0 Å². The normalized spacial score (nSPS) is 18.4. The number of unbranched alkanes of at least 4 members (excludes halogenated alkanes) is 9. The third-order valence-corrected chi connectivity index (χ3v) is 6.15. The van der Waals surface area contributed by atoms with Gasteiger partial charge in [-0.15, -0.1) is 0 Å². The van der Waals surface area contributed by atoms with Crippen LogP contribution in [0.3, 0.4) is 0 Å². The van der Waals surface area contributed by atoms with Crippen LogP contribution in [0.15, 0.2) is 11.8 Å². The van der Waals surface area contributed by atoms with E-state index >= 15 is 0 Å². The average Bonchev–Trinajstić information content (AvgIpc) is 2.73. The van der Waals surface area contributed by atoms with Gasteiger partial charge in [0.2, 0.25) is 0 Å². The van der Waals surface area contributed by atoms with Crippen LogP contribution in [0.2, 0.25) is 0 Å². The smallest absolute Gasteiger partial charge is 0.158 e. The molecule has 176 valence electrons. The monoisotopic (exact) mass is 487 g/mol. The highest BCUT2D eigenvalue weighted by Gasteiger charge is 2.16. The number of carbonyl (C=O) groups is 1. The van der Waals surface area contributed by atoms with E-state index in [0.717, 1.165) is 49.7 Å². The van der Waals surface area contributed by atoms with Crippen molar-refractivity contribution in [1.29, 1.82) is 0 Å². The molecule has 4 nitrogen and oxygen atoms in total. The standard InChI is InChI=1S/C25H46BrNO3/c1-3-4-5-6-7-8-9-10-11-12-15-23(17-18-26)27-24(20-22(2)28)21-30-25-16-13-14-19-29-25/h20,23,25,27H,3-19,21H2,1-2H3/b24-20+/t23-,25?/m1/s1. The molecule has 1 aliphatic rings. The SMILES string of the molecule is CCCCCCCCCCCC[C@H](CCBr)N/C(=C/C(C)=O)COC1CCCCO1. The van der Waals surface area contributed by atoms with Crippen molar-refractivity contribution in [3.63, 3.8) is 0 Å². The quantitative estimate of drug-likeness (QED) is 0.120. The number of alkyl halides is 1. The van der Waals surface area contributed by atoms with Gasteiger partial charge in [0, 0.05) is 29.8 Å². The van der Waals surface area contributed by atoms with E-state index in [2.05, 4.69) is 28.2 Å². The summed E-state index contributed by atoms with van der Waals surface area (Å²) >= 11 is 3.58. The van der Waals surface area contributed by atoms with E-state index < -0.39 is 0 Å². The number of hydrogen-bond donors (Lipinski definition) is 1. The Hall–Kier alpha value is -0.390. The fourth-order valence-electron chi connectivity index (χ4n) is 3.96. The van der Waals surface area contributed by atoms with E-state index in [1.54, 1.807) is 13.0 Å². The van der Waals surface area contributed by atoms with Crippen LogP contribution in [0, 0.1) is 0 Å². The molecule has 0 aliphatic carbocycles. The van der Waals surface area contributed by atoms with Crippen molar-refractivity contribution in [2.75, 3.05) is 18.5 Å². The van der Waals surface area contributed by atoms with Gasteiger partial charge < -0.3 is 14.8 Å². The topological polar surface area (TPSA) is 47.6 Å². The van der Waals surface area contributed by atoms with Crippen molar-refractivity contribution in [2.45, 2.75) is 122 Å². The molecule has 30 heavy (non-hydrogen) atoms. The Morgan fingerprint density at radius 1 is 1.07 bits per heavy atom. The van der Waals surface area contributed by atoms with E-state index in [-0.39, 0.29) is 12.1 Å². The van der Waals surface area contributed by atoms with Crippen molar-refractivity contribution < 1.29 is 14.3 Å². The Labute approximate surface area is 194 Å². The van der Waals surface area contributed by atoms with Gasteiger partial charge in [-0.3, -0.25) is 4.79 Å². The molecule has 0 bridgehead atoms. The van der Waals surface area contributed by atoms with Gasteiger partial charge in [0.15, 0.2) is 12.1 Å². The fraction of sp³-hybridized carbons (Fsp3) is 0.880. The van der Waals surface area contributed by atoms with E-state index in [1.165, 1.54) is 64.2 Å². The van der Waals surface area contributed by atoms with Crippen molar-refractivity contribution in [3.8, 4) is 0 Å². The molecule has 1 rings (SSSR count). The van der Waals surface area contributed by atoms with Crippen molar-refractivity contribution in [1.82, 2.24) is 5.32 Å². The first-order valence-electron chi connectivity index (χ1n) is 12.4. The predicted octanol–water partition coefficient (Wildman–Crippen LogP) is 7.06. The summed E-state index contributed by atoms with van der Waals surface area (Å²) in [5.41, 5.74) is 0.884. The summed E-state index contributed by atoms with van der Waals surface area (Å²) in [5.74, 6) is 0.0576. The number of ether oxygens (including phenoxy) is 2. The lowest BCUT2D eigenvalue weighted by Gasteiger charge is -2.25. The molecule has 0 spiro atoms. The molecule has 0 amide bonds. The van der Waals surface area contributed by atoms with Crippen LogP contribution in [0.25, 0.3) is 0 Å². The maximum Gasteiger partial charge on any atom is 0.158 e. The summed E-state index contributed by atoms with van der Waals surface area (Å²) < 4.78 is 11.6. The highest BCUT2D eigenvalue weighted by molar-refractivity contribution is 9.09. The molecule has 2 atom stereocenters. The number of halogens is 1. The molecule has 0 saturated carbocycles. The van der Waals surface area contributed by atoms with E-state index in [0.29, 0.717) is 12.6 Å². The number of nitrogens with one attached hydrogen (secondary N) is 1. The third kappa shape index (κ3) is 15.4. The first kappa shape index (κ1) is 27.6. The largest absolute Gasteiger partial charge is 0.384 e. The molecule has 0 aromatic heterocycles. The van der Waals surface area contributed by atoms with Gasteiger partial charge in [0.05, 0.1) is 6.61 Å². The lowest BCUT2D eigenvalue weighted by atomic mass is 10.0. The van der Waals surface area contributed by atoms with Gasteiger partial charge in [-0.05, 0) is 39.0 Å². The second kappa shape index (κ2) is 19.3. The molecule has 1 unspecified atom stereocenters.